The van der Waals surface area contributed by atoms with E-state index in [9.17, 15) is 0 Å². The normalized spacial score (nSPS) is 32.5. The summed E-state index contributed by atoms with van der Waals surface area (Å²) < 4.78 is 5.64. The SMILES string of the molecule is CO[C@H]1CN(C(C)C)C[C@@H]1NC1CCCCC1. The zero-order valence-corrected chi connectivity index (χ0v) is 11.6. The standard InChI is InChI=1S/C14H28N2O/c1-11(2)16-9-13(14(10-16)17-3)15-12-7-5-4-6-8-12/h11-15H,4-10H2,1-3H3/t13-,14-/m0/s1. The lowest BCUT2D eigenvalue weighted by molar-refractivity contribution is 0.0828. The summed E-state index contributed by atoms with van der Waals surface area (Å²) in [5.41, 5.74) is 0. The summed E-state index contributed by atoms with van der Waals surface area (Å²) in [5, 5.41) is 3.84. The highest BCUT2D eigenvalue weighted by Crippen LogP contribution is 2.21. The minimum absolute atomic E-state index is 0.374. The van der Waals surface area contributed by atoms with Crippen LogP contribution in [-0.4, -0.2) is 49.3 Å². The van der Waals surface area contributed by atoms with Crippen molar-refractivity contribution in [2.24, 2.45) is 0 Å². The summed E-state index contributed by atoms with van der Waals surface area (Å²) in [5.74, 6) is 0. The van der Waals surface area contributed by atoms with Gasteiger partial charge in [0.2, 0.25) is 0 Å². The first-order valence-corrected chi connectivity index (χ1v) is 7.23. The molecular formula is C14H28N2O. The summed E-state index contributed by atoms with van der Waals surface area (Å²) in [6.45, 7) is 6.77. The Labute approximate surface area is 106 Å². The summed E-state index contributed by atoms with van der Waals surface area (Å²) >= 11 is 0. The first-order valence-electron chi connectivity index (χ1n) is 7.23. The topological polar surface area (TPSA) is 24.5 Å². The van der Waals surface area contributed by atoms with Crippen molar-refractivity contribution in [3.05, 3.63) is 0 Å². The van der Waals surface area contributed by atoms with Crippen molar-refractivity contribution in [1.29, 1.82) is 0 Å². The van der Waals surface area contributed by atoms with Gasteiger partial charge in [-0.05, 0) is 26.7 Å². The molecule has 0 bridgehead atoms. The van der Waals surface area contributed by atoms with Gasteiger partial charge in [0.1, 0.15) is 0 Å². The van der Waals surface area contributed by atoms with Gasteiger partial charge in [-0.3, -0.25) is 4.90 Å². The van der Waals surface area contributed by atoms with Crippen LogP contribution in [0.25, 0.3) is 0 Å². The van der Waals surface area contributed by atoms with E-state index in [4.69, 9.17) is 4.74 Å². The molecule has 0 unspecified atom stereocenters. The molecule has 2 rings (SSSR count). The molecule has 1 aliphatic carbocycles. The number of rotatable bonds is 4. The predicted molar refractivity (Wildman–Crippen MR) is 71.3 cm³/mol. The van der Waals surface area contributed by atoms with Gasteiger partial charge in [0.05, 0.1) is 6.10 Å². The summed E-state index contributed by atoms with van der Waals surface area (Å²) in [6, 6.07) is 1.90. The van der Waals surface area contributed by atoms with E-state index in [1.807, 2.05) is 7.11 Å². The average molecular weight is 240 g/mol. The molecule has 1 heterocycles. The van der Waals surface area contributed by atoms with Crippen LogP contribution in [0.3, 0.4) is 0 Å². The second-order valence-corrected chi connectivity index (χ2v) is 5.93. The van der Waals surface area contributed by atoms with E-state index in [0.717, 1.165) is 19.1 Å². The van der Waals surface area contributed by atoms with Crippen LogP contribution in [0.1, 0.15) is 46.0 Å². The van der Waals surface area contributed by atoms with Gasteiger partial charge >= 0.3 is 0 Å². The van der Waals surface area contributed by atoms with Crippen LogP contribution in [0.5, 0.6) is 0 Å². The van der Waals surface area contributed by atoms with E-state index in [1.165, 1.54) is 32.1 Å². The molecule has 0 aromatic carbocycles. The fourth-order valence-electron chi connectivity index (χ4n) is 3.20. The zero-order valence-electron chi connectivity index (χ0n) is 11.6. The zero-order chi connectivity index (χ0) is 12.3. The number of likely N-dealkylation sites (tertiary alicyclic amines) is 1. The monoisotopic (exact) mass is 240 g/mol. The maximum absolute atomic E-state index is 5.64. The maximum atomic E-state index is 5.64. The van der Waals surface area contributed by atoms with Crippen molar-refractivity contribution in [2.75, 3.05) is 20.2 Å². The van der Waals surface area contributed by atoms with Crippen molar-refractivity contribution in [2.45, 2.75) is 70.2 Å². The number of hydrogen-bond acceptors (Lipinski definition) is 3. The van der Waals surface area contributed by atoms with Gasteiger partial charge in [-0.25, -0.2) is 0 Å². The van der Waals surface area contributed by atoms with Crippen LogP contribution in [-0.2, 0) is 4.74 Å². The van der Waals surface area contributed by atoms with Gasteiger partial charge in [-0.2, -0.15) is 0 Å². The molecule has 0 aromatic heterocycles. The van der Waals surface area contributed by atoms with Crippen LogP contribution >= 0.6 is 0 Å². The van der Waals surface area contributed by atoms with E-state index in [-0.39, 0.29) is 0 Å². The Morgan fingerprint density at radius 3 is 2.41 bits per heavy atom. The Balaban J connectivity index is 1.85. The van der Waals surface area contributed by atoms with Crippen LogP contribution in [0.2, 0.25) is 0 Å². The molecule has 17 heavy (non-hydrogen) atoms. The molecule has 1 saturated heterocycles. The molecule has 1 aliphatic heterocycles. The van der Waals surface area contributed by atoms with Crippen molar-refractivity contribution >= 4 is 0 Å². The van der Waals surface area contributed by atoms with Crippen molar-refractivity contribution in [1.82, 2.24) is 10.2 Å². The van der Waals surface area contributed by atoms with E-state index in [2.05, 4.69) is 24.1 Å². The largest absolute Gasteiger partial charge is 0.378 e. The first-order chi connectivity index (χ1) is 8.20. The quantitative estimate of drug-likeness (QED) is 0.813. The van der Waals surface area contributed by atoms with Gasteiger partial charge in [-0.1, -0.05) is 19.3 Å². The van der Waals surface area contributed by atoms with E-state index < -0.39 is 0 Å². The van der Waals surface area contributed by atoms with Crippen molar-refractivity contribution in [3.63, 3.8) is 0 Å². The molecular weight excluding hydrogens is 212 g/mol. The molecule has 100 valence electrons. The third-order valence-corrected chi connectivity index (χ3v) is 4.38. The van der Waals surface area contributed by atoms with E-state index in [0.29, 0.717) is 18.2 Å². The molecule has 3 nitrogen and oxygen atoms in total. The first kappa shape index (κ1) is 13.3. The maximum Gasteiger partial charge on any atom is 0.0863 e. The van der Waals surface area contributed by atoms with Crippen LogP contribution < -0.4 is 5.32 Å². The van der Waals surface area contributed by atoms with Crippen molar-refractivity contribution < 1.29 is 4.74 Å². The second-order valence-electron chi connectivity index (χ2n) is 5.93. The van der Waals surface area contributed by atoms with Gasteiger partial charge in [0.15, 0.2) is 0 Å². The molecule has 2 aliphatic rings. The highest BCUT2D eigenvalue weighted by Gasteiger charge is 2.35. The number of ether oxygens (including phenoxy) is 1. The Kier molecular flexibility index (Phi) is 4.83. The molecule has 0 spiro atoms. The predicted octanol–water partition coefficient (Wildman–Crippen LogP) is 2.02. The Hall–Kier alpha value is -0.120. The molecule has 2 fully saturated rings. The minimum Gasteiger partial charge on any atom is -0.378 e. The molecule has 2 atom stereocenters. The Morgan fingerprint density at radius 1 is 1.12 bits per heavy atom. The molecule has 3 heteroatoms. The van der Waals surface area contributed by atoms with Gasteiger partial charge in [0, 0.05) is 38.3 Å². The molecule has 0 amide bonds. The van der Waals surface area contributed by atoms with Gasteiger partial charge in [-0.15, -0.1) is 0 Å². The number of methoxy groups -OCH3 is 1. The average Bonchev–Trinajstić information content (AvgIpc) is 2.74. The summed E-state index contributed by atoms with van der Waals surface area (Å²) in [6.07, 6.45) is 7.31. The Morgan fingerprint density at radius 2 is 1.82 bits per heavy atom. The Bertz CT molecular complexity index is 226. The smallest absolute Gasteiger partial charge is 0.0863 e. The minimum atomic E-state index is 0.374. The lowest BCUT2D eigenvalue weighted by Crippen LogP contribution is -2.46. The fraction of sp³-hybridized carbons (Fsp3) is 1.00. The highest BCUT2D eigenvalue weighted by molar-refractivity contribution is 4.93. The summed E-state index contributed by atoms with van der Waals surface area (Å²) in [7, 11) is 1.85. The molecule has 0 radical (unpaired) electrons. The molecule has 0 aromatic rings. The second kappa shape index (κ2) is 6.17. The number of nitrogens with zero attached hydrogens (tertiary/aromatic N) is 1. The number of nitrogens with one attached hydrogen (secondary N) is 1. The molecule has 1 N–H and O–H groups in total. The van der Waals surface area contributed by atoms with Crippen molar-refractivity contribution in [3.8, 4) is 0 Å². The van der Waals surface area contributed by atoms with Gasteiger partial charge < -0.3 is 10.1 Å². The van der Waals surface area contributed by atoms with Crippen LogP contribution in [0.4, 0.5) is 0 Å². The van der Waals surface area contributed by atoms with E-state index in [1.54, 1.807) is 0 Å². The van der Waals surface area contributed by atoms with Crippen LogP contribution in [0, 0.1) is 0 Å². The highest BCUT2D eigenvalue weighted by atomic mass is 16.5. The fourth-order valence-corrected chi connectivity index (χ4v) is 3.20. The number of hydrogen-bond donors (Lipinski definition) is 1. The third kappa shape index (κ3) is 3.43. The van der Waals surface area contributed by atoms with E-state index >= 15 is 0 Å². The lowest BCUT2D eigenvalue weighted by Gasteiger charge is -2.28. The third-order valence-electron chi connectivity index (χ3n) is 4.38. The van der Waals surface area contributed by atoms with Crippen LogP contribution in [0.15, 0.2) is 0 Å². The van der Waals surface area contributed by atoms with Gasteiger partial charge in [0.25, 0.3) is 0 Å². The lowest BCUT2D eigenvalue weighted by atomic mass is 9.94. The summed E-state index contributed by atoms with van der Waals surface area (Å²) in [4.78, 5) is 2.52. The molecule has 1 saturated carbocycles.